The Balaban J connectivity index is 2.05. The fraction of sp³-hybridized carbons (Fsp3) is 0.786. The van der Waals surface area contributed by atoms with Crippen molar-refractivity contribution in [3.63, 3.8) is 0 Å². The van der Waals surface area contributed by atoms with E-state index in [9.17, 15) is 4.79 Å². The quantitative estimate of drug-likeness (QED) is 0.618. The molecule has 1 rings (SSSR count). The molecule has 0 bridgehead atoms. The maximum absolute atomic E-state index is 11.5. The van der Waals surface area contributed by atoms with Crippen molar-refractivity contribution in [1.29, 1.82) is 0 Å². The molecule has 1 saturated heterocycles. The largest absolute Gasteiger partial charge is 0.300 e. The van der Waals surface area contributed by atoms with E-state index in [1.807, 2.05) is 6.08 Å². The van der Waals surface area contributed by atoms with Crippen LogP contribution in [0.15, 0.2) is 12.2 Å². The molecule has 2 nitrogen and oxygen atoms in total. The summed E-state index contributed by atoms with van der Waals surface area (Å²) in [5.41, 5.74) is 0. The van der Waals surface area contributed by atoms with E-state index in [0.29, 0.717) is 18.1 Å². The van der Waals surface area contributed by atoms with Crippen LogP contribution in [0.5, 0.6) is 0 Å². The zero-order valence-electron chi connectivity index (χ0n) is 10.7. The van der Waals surface area contributed by atoms with Crippen LogP contribution in [0.25, 0.3) is 0 Å². The Morgan fingerprint density at radius 3 is 2.62 bits per heavy atom. The second-order valence-corrected chi connectivity index (χ2v) is 5.16. The van der Waals surface area contributed by atoms with E-state index >= 15 is 0 Å². The average Bonchev–Trinajstić information content (AvgIpc) is 2.70. The van der Waals surface area contributed by atoms with Gasteiger partial charge in [-0.15, -0.1) is 0 Å². The average molecular weight is 223 g/mol. The van der Waals surface area contributed by atoms with Gasteiger partial charge in [0.05, 0.1) is 0 Å². The van der Waals surface area contributed by atoms with Gasteiger partial charge in [0.2, 0.25) is 0 Å². The molecule has 0 aromatic rings. The highest BCUT2D eigenvalue weighted by Crippen LogP contribution is 2.08. The lowest BCUT2D eigenvalue weighted by Crippen LogP contribution is -2.18. The van der Waals surface area contributed by atoms with Crippen molar-refractivity contribution in [1.82, 2.24) is 4.90 Å². The van der Waals surface area contributed by atoms with E-state index in [-0.39, 0.29) is 0 Å². The van der Waals surface area contributed by atoms with Crippen LogP contribution in [-0.4, -0.2) is 30.3 Å². The number of carbonyl (C=O) groups excluding carboxylic acids is 1. The van der Waals surface area contributed by atoms with E-state index in [4.69, 9.17) is 0 Å². The fourth-order valence-corrected chi connectivity index (χ4v) is 2.07. The van der Waals surface area contributed by atoms with Gasteiger partial charge in [0, 0.05) is 13.0 Å². The maximum atomic E-state index is 11.5. The molecule has 0 N–H and O–H groups in total. The van der Waals surface area contributed by atoms with Crippen LogP contribution in [0.2, 0.25) is 0 Å². The van der Waals surface area contributed by atoms with E-state index in [1.54, 1.807) is 6.08 Å². The summed E-state index contributed by atoms with van der Waals surface area (Å²) in [6.45, 7) is 7.76. The summed E-state index contributed by atoms with van der Waals surface area (Å²) < 4.78 is 0. The highest BCUT2D eigenvalue weighted by atomic mass is 16.1. The normalized spacial score (nSPS) is 17.7. The van der Waals surface area contributed by atoms with Crippen LogP contribution in [0.1, 0.15) is 46.0 Å². The van der Waals surface area contributed by atoms with Crippen molar-refractivity contribution in [2.24, 2.45) is 5.92 Å². The Labute approximate surface area is 99.7 Å². The highest BCUT2D eigenvalue weighted by Gasteiger charge is 2.08. The first-order valence-corrected chi connectivity index (χ1v) is 6.60. The predicted molar refractivity (Wildman–Crippen MR) is 68.5 cm³/mol. The molecule has 1 aliphatic heterocycles. The number of nitrogens with zero attached hydrogens (tertiary/aromatic N) is 1. The number of ketones is 1. The van der Waals surface area contributed by atoms with Crippen LogP contribution in [-0.2, 0) is 4.79 Å². The van der Waals surface area contributed by atoms with Crippen LogP contribution >= 0.6 is 0 Å². The summed E-state index contributed by atoms with van der Waals surface area (Å²) in [4.78, 5) is 13.9. The minimum absolute atomic E-state index is 0.292. The van der Waals surface area contributed by atoms with Gasteiger partial charge < -0.3 is 0 Å². The van der Waals surface area contributed by atoms with Crippen LogP contribution in [0, 0.1) is 5.92 Å². The Kier molecular flexibility index (Phi) is 6.39. The summed E-state index contributed by atoms with van der Waals surface area (Å²) in [5, 5.41) is 0. The standard InChI is InChI=1S/C14H25NO/c1-13(2)7-5-8-14(16)9-6-12-15-10-3-4-11-15/h6,9,13H,3-5,7-8,10-12H2,1-2H3/b9-6+. The molecule has 0 aromatic heterocycles. The first kappa shape index (κ1) is 13.4. The van der Waals surface area contributed by atoms with Gasteiger partial charge in [-0.05, 0) is 44.3 Å². The van der Waals surface area contributed by atoms with Crippen molar-refractivity contribution in [2.75, 3.05) is 19.6 Å². The zero-order valence-corrected chi connectivity index (χ0v) is 10.7. The highest BCUT2D eigenvalue weighted by molar-refractivity contribution is 5.89. The zero-order chi connectivity index (χ0) is 11.8. The topological polar surface area (TPSA) is 20.3 Å². The van der Waals surface area contributed by atoms with E-state index in [2.05, 4.69) is 18.7 Å². The van der Waals surface area contributed by atoms with Gasteiger partial charge >= 0.3 is 0 Å². The van der Waals surface area contributed by atoms with Crippen LogP contribution in [0.3, 0.4) is 0 Å². The number of carbonyl (C=O) groups is 1. The Bertz CT molecular complexity index is 227. The Morgan fingerprint density at radius 2 is 2.00 bits per heavy atom. The van der Waals surface area contributed by atoms with Crippen LogP contribution < -0.4 is 0 Å². The lowest BCUT2D eigenvalue weighted by Gasteiger charge is -2.10. The molecule has 0 radical (unpaired) electrons. The lowest BCUT2D eigenvalue weighted by molar-refractivity contribution is -0.114. The van der Waals surface area contributed by atoms with E-state index in [1.165, 1.54) is 25.9 Å². The Hall–Kier alpha value is -0.630. The van der Waals surface area contributed by atoms with Gasteiger partial charge in [-0.2, -0.15) is 0 Å². The van der Waals surface area contributed by atoms with Crippen LogP contribution in [0.4, 0.5) is 0 Å². The molecule has 1 aliphatic rings. The first-order chi connectivity index (χ1) is 7.68. The second kappa shape index (κ2) is 7.61. The monoisotopic (exact) mass is 223 g/mol. The van der Waals surface area contributed by atoms with E-state index < -0.39 is 0 Å². The molecule has 92 valence electrons. The summed E-state index contributed by atoms with van der Waals surface area (Å²) in [6, 6.07) is 0. The molecule has 1 heterocycles. The van der Waals surface area contributed by atoms with Crippen molar-refractivity contribution in [2.45, 2.75) is 46.0 Å². The molecule has 0 aromatic carbocycles. The van der Waals surface area contributed by atoms with Gasteiger partial charge in [-0.25, -0.2) is 0 Å². The molecule has 1 fully saturated rings. The Morgan fingerprint density at radius 1 is 1.31 bits per heavy atom. The third-order valence-corrected chi connectivity index (χ3v) is 3.07. The van der Waals surface area contributed by atoms with Gasteiger partial charge in [-0.1, -0.05) is 26.3 Å². The van der Waals surface area contributed by atoms with Gasteiger partial charge in [0.1, 0.15) is 0 Å². The molecule has 16 heavy (non-hydrogen) atoms. The van der Waals surface area contributed by atoms with Gasteiger partial charge in [0.15, 0.2) is 5.78 Å². The fourth-order valence-electron chi connectivity index (χ4n) is 2.07. The molecule has 0 aliphatic carbocycles. The minimum Gasteiger partial charge on any atom is -0.300 e. The van der Waals surface area contributed by atoms with E-state index in [0.717, 1.165) is 19.4 Å². The minimum atomic E-state index is 0.292. The van der Waals surface area contributed by atoms with Crippen molar-refractivity contribution in [3.05, 3.63) is 12.2 Å². The molecule has 0 atom stereocenters. The number of rotatable bonds is 7. The third-order valence-electron chi connectivity index (χ3n) is 3.07. The molecular weight excluding hydrogens is 198 g/mol. The maximum Gasteiger partial charge on any atom is 0.155 e. The summed E-state index contributed by atoms with van der Waals surface area (Å²) in [7, 11) is 0. The summed E-state index contributed by atoms with van der Waals surface area (Å²) in [6.07, 6.45) is 9.35. The smallest absolute Gasteiger partial charge is 0.155 e. The molecule has 0 unspecified atom stereocenters. The van der Waals surface area contributed by atoms with Crippen molar-refractivity contribution in [3.8, 4) is 0 Å². The lowest BCUT2D eigenvalue weighted by atomic mass is 10.0. The number of allylic oxidation sites excluding steroid dienone is 1. The molecule has 0 spiro atoms. The van der Waals surface area contributed by atoms with Gasteiger partial charge in [0.25, 0.3) is 0 Å². The molecule has 2 heteroatoms. The molecule has 0 saturated carbocycles. The summed E-state index contributed by atoms with van der Waals surface area (Å²) >= 11 is 0. The van der Waals surface area contributed by atoms with Gasteiger partial charge in [-0.3, -0.25) is 9.69 Å². The number of hydrogen-bond acceptors (Lipinski definition) is 2. The first-order valence-electron chi connectivity index (χ1n) is 6.60. The van der Waals surface area contributed by atoms with Crippen molar-refractivity contribution < 1.29 is 4.79 Å². The second-order valence-electron chi connectivity index (χ2n) is 5.16. The number of likely N-dealkylation sites (tertiary alicyclic amines) is 1. The SMILES string of the molecule is CC(C)CCCC(=O)/C=C/CN1CCCC1. The number of hydrogen-bond donors (Lipinski definition) is 0. The molecule has 0 amide bonds. The molecular formula is C14H25NO. The van der Waals surface area contributed by atoms with Crippen molar-refractivity contribution >= 4 is 5.78 Å². The third kappa shape index (κ3) is 6.06. The predicted octanol–water partition coefficient (Wildman–Crippen LogP) is 3.03. The summed E-state index contributed by atoms with van der Waals surface area (Å²) in [5.74, 6) is 1.00.